The highest BCUT2D eigenvalue weighted by Gasteiger charge is 2.12. The average molecular weight is 521 g/mol. The Labute approximate surface area is 220 Å². The number of halogens is 2. The number of morpholine rings is 1. The van der Waals surface area contributed by atoms with Crippen molar-refractivity contribution >= 4 is 34.8 Å². The molecule has 0 atom stereocenters. The van der Waals surface area contributed by atoms with E-state index in [-0.39, 0.29) is 0 Å². The van der Waals surface area contributed by atoms with Crippen molar-refractivity contribution in [3.63, 3.8) is 0 Å². The molecule has 1 aliphatic heterocycles. The summed E-state index contributed by atoms with van der Waals surface area (Å²) >= 11 is 12.2. The minimum absolute atomic E-state index is 0.484. The maximum Gasteiger partial charge on any atom is 0.228 e. The van der Waals surface area contributed by atoms with Gasteiger partial charge in [0.05, 0.1) is 24.6 Å². The summed E-state index contributed by atoms with van der Waals surface area (Å²) in [6.45, 7) is 4.95. The molecule has 184 valence electrons. The zero-order valence-electron chi connectivity index (χ0n) is 19.7. The van der Waals surface area contributed by atoms with Crippen LogP contribution in [0.1, 0.15) is 0 Å². The van der Waals surface area contributed by atoms with Crippen LogP contribution in [0.25, 0.3) is 22.5 Å². The highest BCUT2D eigenvalue weighted by molar-refractivity contribution is 6.30. The van der Waals surface area contributed by atoms with Gasteiger partial charge in [0.25, 0.3) is 0 Å². The van der Waals surface area contributed by atoms with Crippen molar-refractivity contribution < 1.29 is 9.47 Å². The zero-order valence-corrected chi connectivity index (χ0v) is 21.2. The van der Waals surface area contributed by atoms with Crippen LogP contribution in [0.15, 0.2) is 78.9 Å². The first kappa shape index (κ1) is 24.5. The first-order valence-electron chi connectivity index (χ1n) is 11.8. The van der Waals surface area contributed by atoms with Gasteiger partial charge in [0.15, 0.2) is 0 Å². The molecule has 4 aromatic rings. The second-order valence-electron chi connectivity index (χ2n) is 8.43. The van der Waals surface area contributed by atoms with Crippen LogP contribution in [-0.2, 0) is 4.74 Å². The number of rotatable bonds is 8. The van der Waals surface area contributed by atoms with Crippen LogP contribution in [0.2, 0.25) is 10.0 Å². The zero-order chi connectivity index (χ0) is 24.7. The molecule has 2 heterocycles. The minimum Gasteiger partial charge on any atom is -0.492 e. The maximum atomic E-state index is 6.10. The van der Waals surface area contributed by atoms with Gasteiger partial charge in [0.2, 0.25) is 5.95 Å². The maximum absolute atomic E-state index is 6.10. The number of hydrogen-bond acceptors (Lipinski definition) is 6. The number of ether oxygens (including phenoxy) is 2. The van der Waals surface area contributed by atoms with E-state index in [9.17, 15) is 0 Å². The van der Waals surface area contributed by atoms with Gasteiger partial charge in [-0.05, 0) is 42.5 Å². The standard InChI is InChI=1S/C28H26Cl2N4O2/c29-22-8-4-20(5-9-22)26-19-27(21-6-10-23(30)11-7-21)33-28(32-26)31-24-2-1-3-25(18-24)36-17-14-34-12-15-35-16-13-34/h1-11,18-19H,12-17H2,(H,31,32,33). The van der Waals surface area contributed by atoms with Crippen molar-refractivity contribution in [2.24, 2.45) is 0 Å². The van der Waals surface area contributed by atoms with Gasteiger partial charge >= 0.3 is 0 Å². The van der Waals surface area contributed by atoms with E-state index in [1.165, 1.54) is 0 Å². The number of hydrogen-bond donors (Lipinski definition) is 1. The predicted octanol–water partition coefficient (Wildman–Crippen LogP) is 6.57. The summed E-state index contributed by atoms with van der Waals surface area (Å²) in [6, 6.07) is 25.0. The van der Waals surface area contributed by atoms with Crippen LogP contribution >= 0.6 is 23.2 Å². The molecule has 0 amide bonds. The molecular formula is C28H26Cl2N4O2. The Hall–Kier alpha value is -3.16. The molecule has 36 heavy (non-hydrogen) atoms. The molecule has 0 bridgehead atoms. The van der Waals surface area contributed by atoms with E-state index in [0.29, 0.717) is 22.6 Å². The van der Waals surface area contributed by atoms with E-state index >= 15 is 0 Å². The van der Waals surface area contributed by atoms with E-state index in [4.69, 9.17) is 42.6 Å². The lowest BCUT2D eigenvalue weighted by Gasteiger charge is -2.26. The predicted molar refractivity (Wildman–Crippen MR) is 145 cm³/mol. The Morgan fingerprint density at radius 3 is 2.03 bits per heavy atom. The lowest BCUT2D eigenvalue weighted by Crippen LogP contribution is -2.38. The molecule has 1 aromatic heterocycles. The minimum atomic E-state index is 0.484. The van der Waals surface area contributed by atoms with E-state index < -0.39 is 0 Å². The molecule has 1 aliphatic rings. The summed E-state index contributed by atoms with van der Waals surface area (Å²) in [5, 5.41) is 4.70. The third-order valence-corrected chi connectivity index (χ3v) is 6.38. The van der Waals surface area contributed by atoms with Gasteiger partial charge in [-0.2, -0.15) is 0 Å². The monoisotopic (exact) mass is 520 g/mol. The highest BCUT2D eigenvalue weighted by atomic mass is 35.5. The van der Waals surface area contributed by atoms with Gasteiger partial charge in [-0.1, -0.05) is 53.5 Å². The molecule has 5 rings (SSSR count). The molecule has 0 spiro atoms. The Morgan fingerprint density at radius 1 is 0.806 bits per heavy atom. The Morgan fingerprint density at radius 2 is 1.42 bits per heavy atom. The fourth-order valence-corrected chi connectivity index (χ4v) is 4.20. The van der Waals surface area contributed by atoms with Gasteiger partial charge < -0.3 is 14.8 Å². The smallest absolute Gasteiger partial charge is 0.228 e. The van der Waals surface area contributed by atoms with E-state index in [2.05, 4.69) is 10.2 Å². The van der Waals surface area contributed by atoms with Gasteiger partial charge in [0.1, 0.15) is 12.4 Å². The fraction of sp³-hybridized carbons (Fsp3) is 0.214. The van der Waals surface area contributed by atoms with Crippen LogP contribution in [0, 0.1) is 0 Å². The van der Waals surface area contributed by atoms with E-state index in [1.54, 1.807) is 0 Å². The van der Waals surface area contributed by atoms with Gasteiger partial charge in [-0.3, -0.25) is 4.90 Å². The molecule has 1 N–H and O–H groups in total. The summed E-state index contributed by atoms with van der Waals surface area (Å²) in [7, 11) is 0. The molecule has 1 fully saturated rings. The van der Waals surface area contributed by atoms with Gasteiger partial charge in [0, 0.05) is 52.6 Å². The second-order valence-corrected chi connectivity index (χ2v) is 9.30. The third kappa shape index (κ3) is 6.53. The highest BCUT2D eigenvalue weighted by Crippen LogP contribution is 2.28. The van der Waals surface area contributed by atoms with Gasteiger partial charge in [-0.15, -0.1) is 0 Å². The van der Waals surface area contributed by atoms with E-state index in [1.807, 2.05) is 78.9 Å². The van der Waals surface area contributed by atoms with Crippen LogP contribution in [-0.4, -0.2) is 54.3 Å². The normalized spacial score (nSPS) is 13.9. The lowest BCUT2D eigenvalue weighted by atomic mass is 10.1. The Bertz CT molecular complexity index is 1230. The molecule has 0 saturated carbocycles. The fourth-order valence-electron chi connectivity index (χ4n) is 3.95. The molecule has 1 saturated heterocycles. The number of benzene rings is 3. The van der Waals surface area contributed by atoms with Crippen molar-refractivity contribution in [3.8, 4) is 28.3 Å². The Kier molecular flexibility index (Phi) is 7.98. The molecule has 3 aromatic carbocycles. The Balaban J connectivity index is 1.36. The summed E-state index contributed by atoms with van der Waals surface area (Å²) in [4.78, 5) is 11.9. The first-order chi connectivity index (χ1) is 17.6. The summed E-state index contributed by atoms with van der Waals surface area (Å²) < 4.78 is 11.4. The van der Waals surface area contributed by atoms with E-state index in [0.717, 1.165) is 66.8 Å². The topological polar surface area (TPSA) is 59.5 Å². The SMILES string of the molecule is Clc1ccc(-c2cc(-c3ccc(Cl)cc3)nc(Nc3cccc(OCCN4CCOCC4)c3)n2)cc1. The van der Waals surface area contributed by atoms with Crippen molar-refractivity contribution in [2.75, 3.05) is 44.8 Å². The number of aromatic nitrogens is 2. The molecule has 0 radical (unpaired) electrons. The summed E-state index contributed by atoms with van der Waals surface area (Å²) in [6.07, 6.45) is 0. The molecular weight excluding hydrogens is 495 g/mol. The molecule has 0 unspecified atom stereocenters. The van der Waals surface area contributed by atoms with Crippen molar-refractivity contribution in [2.45, 2.75) is 0 Å². The molecule has 6 nitrogen and oxygen atoms in total. The second kappa shape index (κ2) is 11.7. The third-order valence-electron chi connectivity index (χ3n) is 5.88. The quantitative estimate of drug-likeness (QED) is 0.283. The number of nitrogens with one attached hydrogen (secondary N) is 1. The van der Waals surface area contributed by atoms with Crippen LogP contribution < -0.4 is 10.1 Å². The number of nitrogens with zero attached hydrogens (tertiary/aromatic N) is 3. The molecule has 8 heteroatoms. The van der Waals surface area contributed by atoms with Crippen molar-refractivity contribution in [1.82, 2.24) is 14.9 Å². The average Bonchev–Trinajstić information content (AvgIpc) is 2.90. The van der Waals surface area contributed by atoms with Crippen molar-refractivity contribution in [3.05, 3.63) is 88.9 Å². The summed E-state index contributed by atoms with van der Waals surface area (Å²) in [5.74, 6) is 1.28. The number of anilines is 2. The largest absolute Gasteiger partial charge is 0.492 e. The van der Waals surface area contributed by atoms with Crippen LogP contribution in [0.3, 0.4) is 0 Å². The van der Waals surface area contributed by atoms with Crippen LogP contribution in [0.5, 0.6) is 5.75 Å². The first-order valence-corrected chi connectivity index (χ1v) is 12.6. The van der Waals surface area contributed by atoms with Crippen molar-refractivity contribution in [1.29, 1.82) is 0 Å². The molecule has 0 aliphatic carbocycles. The van der Waals surface area contributed by atoms with Crippen LogP contribution in [0.4, 0.5) is 11.6 Å². The summed E-state index contributed by atoms with van der Waals surface area (Å²) in [5.41, 5.74) is 4.30. The van der Waals surface area contributed by atoms with Gasteiger partial charge in [-0.25, -0.2) is 9.97 Å². The lowest BCUT2D eigenvalue weighted by molar-refractivity contribution is 0.0322.